The standard InChI is InChI=1S/C19H27FN6S.HI/c1-2-21-19(22-11-5-13-27-16-9-7-15(20)8-10-16)23-14-18-25-24-17-6-3-4-12-26(17)18;/h7-10H,2-6,11-14H2,1H3,(H2,21,22,23);1H. The van der Waals surface area contributed by atoms with Crippen LogP contribution in [-0.2, 0) is 19.5 Å². The molecule has 2 heterocycles. The van der Waals surface area contributed by atoms with Gasteiger partial charge in [-0.1, -0.05) is 0 Å². The van der Waals surface area contributed by atoms with E-state index in [2.05, 4.69) is 37.3 Å². The number of nitrogens with one attached hydrogen (secondary N) is 2. The van der Waals surface area contributed by atoms with Crippen molar-refractivity contribution in [2.75, 3.05) is 18.8 Å². The van der Waals surface area contributed by atoms with Crippen molar-refractivity contribution in [3.8, 4) is 0 Å². The van der Waals surface area contributed by atoms with Crippen molar-refractivity contribution in [2.24, 2.45) is 4.99 Å². The van der Waals surface area contributed by atoms with E-state index in [9.17, 15) is 4.39 Å². The van der Waals surface area contributed by atoms with Crippen LogP contribution in [0, 0.1) is 5.82 Å². The van der Waals surface area contributed by atoms with Gasteiger partial charge in [0, 0.05) is 31.0 Å². The van der Waals surface area contributed by atoms with Crippen LogP contribution in [0.5, 0.6) is 0 Å². The number of guanidine groups is 1. The van der Waals surface area contributed by atoms with Crippen LogP contribution in [-0.4, -0.2) is 39.6 Å². The zero-order chi connectivity index (χ0) is 18.9. The molecule has 0 spiro atoms. The molecule has 2 N–H and O–H groups in total. The Hall–Kier alpha value is -1.36. The van der Waals surface area contributed by atoms with Gasteiger partial charge in [-0.2, -0.15) is 0 Å². The molecule has 1 aliphatic rings. The predicted molar refractivity (Wildman–Crippen MR) is 123 cm³/mol. The highest BCUT2D eigenvalue weighted by molar-refractivity contribution is 14.0. The fraction of sp³-hybridized carbons (Fsp3) is 0.526. The van der Waals surface area contributed by atoms with E-state index >= 15 is 0 Å². The Bertz CT molecular complexity index is 749. The van der Waals surface area contributed by atoms with E-state index in [0.29, 0.717) is 6.54 Å². The highest BCUT2D eigenvalue weighted by atomic mass is 127. The van der Waals surface area contributed by atoms with Crippen molar-refractivity contribution in [3.63, 3.8) is 0 Å². The SMILES string of the molecule is CCNC(=NCc1nnc2n1CCCC2)NCCCSc1ccc(F)cc1.I. The van der Waals surface area contributed by atoms with E-state index in [1.807, 2.05) is 12.1 Å². The minimum absolute atomic E-state index is 0. The van der Waals surface area contributed by atoms with Crippen molar-refractivity contribution >= 4 is 41.7 Å². The number of halogens is 2. The summed E-state index contributed by atoms with van der Waals surface area (Å²) in [5.41, 5.74) is 0. The molecule has 3 rings (SSSR count). The molecule has 1 aromatic carbocycles. The third-order valence-corrected chi connectivity index (χ3v) is 5.45. The summed E-state index contributed by atoms with van der Waals surface area (Å²) in [6.45, 7) is 5.23. The number of hydrogen-bond donors (Lipinski definition) is 2. The van der Waals surface area contributed by atoms with E-state index in [4.69, 9.17) is 0 Å². The number of nitrogens with zero attached hydrogens (tertiary/aromatic N) is 4. The maximum atomic E-state index is 12.9. The average Bonchev–Trinajstić information content (AvgIpc) is 3.10. The molecule has 0 fully saturated rings. The molecule has 9 heteroatoms. The second-order valence-corrected chi connectivity index (χ2v) is 7.59. The van der Waals surface area contributed by atoms with Gasteiger partial charge in [-0.25, -0.2) is 9.38 Å². The zero-order valence-electron chi connectivity index (χ0n) is 16.2. The normalized spacial score (nSPS) is 13.6. The molecule has 0 amide bonds. The Morgan fingerprint density at radius 2 is 2.04 bits per heavy atom. The number of thioether (sulfide) groups is 1. The first kappa shape index (κ1) is 22.9. The van der Waals surface area contributed by atoms with E-state index in [1.54, 1.807) is 11.8 Å². The van der Waals surface area contributed by atoms with Crippen LogP contribution < -0.4 is 10.6 Å². The van der Waals surface area contributed by atoms with Gasteiger partial charge in [-0.3, -0.25) is 0 Å². The van der Waals surface area contributed by atoms with Crippen molar-refractivity contribution in [1.82, 2.24) is 25.4 Å². The molecule has 1 aliphatic heterocycles. The molecular formula is C19H28FIN6S. The summed E-state index contributed by atoms with van der Waals surface area (Å²) in [6, 6.07) is 6.63. The molecule has 154 valence electrons. The monoisotopic (exact) mass is 518 g/mol. The number of aliphatic imine (C=N–C) groups is 1. The van der Waals surface area contributed by atoms with E-state index < -0.39 is 0 Å². The lowest BCUT2D eigenvalue weighted by atomic mass is 10.2. The van der Waals surface area contributed by atoms with Gasteiger partial charge in [0.05, 0.1) is 0 Å². The molecule has 0 unspecified atom stereocenters. The first-order chi connectivity index (χ1) is 13.3. The van der Waals surface area contributed by atoms with Crippen LogP contribution in [0.3, 0.4) is 0 Å². The lowest BCUT2D eigenvalue weighted by molar-refractivity contribution is 0.508. The maximum Gasteiger partial charge on any atom is 0.191 e. The van der Waals surface area contributed by atoms with Crippen molar-refractivity contribution in [3.05, 3.63) is 41.7 Å². The minimum Gasteiger partial charge on any atom is -0.357 e. The summed E-state index contributed by atoms with van der Waals surface area (Å²) in [5, 5.41) is 15.2. The Morgan fingerprint density at radius 1 is 1.21 bits per heavy atom. The number of benzene rings is 1. The summed E-state index contributed by atoms with van der Waals surface area (Å²) in [5.74, 6) is 3.60. The van der Waals surface area contributed by atoms with Gasteiger partial charge in [-0.15, -0.1) is 45.9 Å². The maximum absolute atomic E-state index is 12.9. The molecule has 0 bridgehead atoms. The largest absolute Gasteiger partial charge is 0.357 e. The molecule has 6 nitrogen and oxygen atoms in total. The van der Waals surface area contributed by atoms with Crippen LogP contribution in [0.1, 0.15) is 37.8 Å². The minimum atomic E-state index is -0.193. The fourth-order valence-corrected chi connectivity index (χ4v) is 3.83. The van der Waals surface area contributed by atoms with E-state index in [1.165, 1.54) is 25.0 Å². The highest BCUT2D eigenvalue weighted by Crippen LogP contribution is 2.18. The van der Waals surface area contributed by atoms with E-state index in [-0.39, 0.29) is 29.8 Å². The first-order valence-electron chi connectivity index (χ1n) is 9.57. The molecule has 28 heavy (non-hydrogen) atoms. The number of hydrogen-bond acceptors (Lipinski definition) is 4. The quantitative estimate of drug-likeness (QED) is 0.184. The van der Waals surface area contributed by atoms with Gasteiger partial charge in [0.25, 0.3) is 0 Å². The summed E-state index contributed by atoms with van der Waals surface area (Å²) >= 11 is 1.73. The van der Waals surface area contributed by atoms with Crippen LogP contribution in [0.15, 0.2) is 34.2 Å². The second kappa shape index (κ2) is 12.3. The number of aromatic nitrogens is 3. The second-order valence-electron chi connectivity index (χ2n) is 6.42. The van der Waals surface area contributed by atoms with Crippen LogP contribution in [0.4, 0.5) is 4.39 Å². The molecule has 2 aromatic rings. The Labute approximate surface area is 187 Å². The van der Waals surface area contributed by atoms with Gasteiger partial charge in [0.2, 0.25) is 0 Å². The third kappa shape index (κ3) is 6.91. The molecule has 0 atom stereocenters. The smallest absolute Gasteiger partial charge is 0.191 e. The molecule has 0 radical (unpaired) electrons. The topological polar surface area (TPSA) is 67.1 Å². The number of rotatable bonds is 8. The predicted octanol–water partition coefficient (Wildman–Crippen LogP) is 3.61. The summed E-state index contributed by atoms with van der Waals surface area (Å²) in [7, 11) is 0. The molecule has 0 saturated heterocycles. The van der Waals surface area contributed by atoms with Gasteiger partial charge in [0.15, 0.2) is 11.8 Å². The van der Waals surface area contributed by atoms with Crippen molar-refractivity contribution < 1.29 is 4.39 Å². The van der Waals surface area contributed by atoms with Crippen LogP contribution in [0.2, 0.25) is 0 Å². The zero-order valence-corrected chi connectivity index (χ0v) is 19.3. The first-order valence-corrected chi connectivity index (χ1v) is 10.6. The highest BCUT2D eigenvalue weighted by Gasteiger charge is 2.15. The number of fused-ring (bicyclic) bond motifs is 1. The van der Waals surface area contributed by atoms with Gasteiger partial charge in [0.1, 0.15) is 18.2 Å². The third-order valence-electron chi connectivity index (χ3n) is 4.35. The van der Waals surface area contributed by atoms with Crippen LogP contribution in [0.25, 0.3) is 0 Å². The van der Waals surface area contributed by atoms with E-state index in [0.717, 1.165) is 60.7 Å². The van der Waals surface area contributed by atoms with Gasteiger partial charge < -0.3 is 15.2 Å². The van der Waals surface area contributed by atoms with Gasteiger partial charge >= 0.3 is 0 Å². The Balaban J connectivity index is 0.00000280. The lowest BCUT2D eigenvalue weighted by Crippen LogP contribution is -2.38. The lowest BCUT2D eigenvalue weighted by Gasteiger charge is -2.14. The number of aryl methyl sites for hydroxylation is 1. The summed E-state index contributed by atoms with van der Waals surface area (Å²) in [6.07, 6.45) is 4.39. The Morgan fingerprint density at radius 3 is 2.82 bits per heavy atom. The molecule has 0 saturated carbocycles. The average molecular weight is 518 g/mol. The van der Waals surface area contributed by atoms with Crippen molar-refractivity contribution in [2.45, 2.75) is 50.6 Å². The molecular weight excluding hydrogens is 490 g/mol. The van der Waals surface area contributed by atoms with Crippen molar-refractivity contribution in [1.29, 1.82) is 0 Å². The van der Waals surface area contributed by atoms with Crippen LogP contribution >= 0.6 is 35.7 Å². The summed E-state index contributed by atoms with van der Waals surface area (Å²) in [4.78, 5) is 5.74. The summed E-state index contributed by atoms with van der Waals surface area (Å²) < 4.78 is 15.1. The van der Waals surface area contributed by atoms with Gasteiger partial charge in [-0.05, 0) is 56.2 Å². The molecule has 1 aromatic heterocycles. The fourth-order valence-electron chi connectivity index (χ4n) is 2.98. The Kier molecular flexibility index (Phi) is 10.0. The molecule has 0 aliphatic carbocycles.